The Kier molecular flexibility index (Phi) is 9.08. The molecule has 10 nitrogen and oxygen atoms in total. The average Bonchev–Trinajstić information content (AvgIpc) is 2.82. The number of carbonyl (C=O) groups is 1. The smallest absolute Gasteiger partial charge is 0.259 e. The Bertz CT molecular complexity index is 1510. The number of hydrogen-bond acceptors (Lipinski definition) is 7. The summed E-state index contributed by atoms with van der Waals surface area (Å²) >= 11 is 0. The van der Waals surface area contributed by atoms with Crippen molar-refractivity contribution in [1.29, 1.82) is 0 Å². The molecule has 1 heterocycles. The van der Waals surface area contributed by atoms with E-state index in [1.54, 1.807) is 24.4 Å². The van der Waals surface area contributed by atoms with Crippen molar-refractivity contribution in [3.8, 4) is 22.6 Å². The number of aromatic nitrogens is 1. The summed E-state index contributed by atoms with van der Waals surface area (Å²) in [5.74, 6) is 0.198. The summed E-state index contributed by atoms with van der Waals surface area (Å²) in [6.45, 7) is 6.90. The standard InChI is InChI=1S/C28H36N4O6S/c1-28(2,3)22-15-18(20-9-8-12-29-26(20)33)16-23(25(22)37-6)30-27(34)21-11-10-19(31-39(7,35)36)17-24(21)38-14-13-32(4)5/h8-12,15-17,31H,13-14H2,1-7H3,(H,29,33)(H,30,34). The lowest BCUT2D eigenvalue weighted by molar-refractivity contribution is 0.102. The highest BCUT2D eigenvalue weighted by Gasteiger charge is 2.25. The van der Waals surface area contributed by atoms with Crippen LogP contribution in [0.1, 0.15) is 36.7 Å². The predicted molar refractivity (Wildman–Crippen MR) is 155 cm³/mol. The molecule has 0 bridgehead atoms. The van der Waals surface area contributed by atoms with Gasteiger partial charge in [0.05, 0.1) is 30.3 Å². The highest BCUT2D eigenvalue weighted by Crippen LogP contribution is 2.41. The Hall–Kier alpha value is -3.83. The fourth-order valence-corrected chi connectivity index (χ4v) is 4.49. The minimum Gasteiger partial charge on any atom is -0.494 e. The van der Waals surface area contributed by atoms with E-state index in [4.69, 9.17) is 9.47 Å². The number of methoxy groups -OCH3 is 1. The Morgan fingerprint density at radius 2 is 1.82 bits per heavy atom. The lowest BCUT2D eigenvalue weighted by Gasteiger charge is -2.25. The van der Waals surface area contributed by atoms with Crippen molar-refractivity contribution in [2.45, 2.75) is 26.2 Å². The van der Waals surface area contributed by atoms with Crippen molar-refractivity contribution in [3.63, 3.8) is 0 Å². The van der Waals surface area contributed by atoms with E-state index in [2.05, 4.69) is 15.0 Å². The maximum Gasteiger partial charge on any atom is 0.259 e. The van der Waals surface area contributed by atoms with Crippen molar-refractivity contribution in [3.05, 3.63) is 70.1 Å². The first kappa shape index (κ1) is 29.7. The van der Waals surface area contributed by atoms with Gasteiger partial charge < -0.3 is 24.7 Å². The average molecular weight is 557 g/mol. The van der Waals surface area contributed by atoms with E-state index >= 15 is 0 Å². The SMILES string of the molecule is COc1c(NC(=O)c2ccc(NS(C)(=O)=O)cc2OCCN(C)C)cc(-c2ccc[nH]c2=O)cc1C(C)(C)C. The van der Waals surface area contributed by atoms with Crippen molar-refractivity contribution in [1.82, 2.24) is 9.88 Å². The predicted octanol–water partition coefficient (Wildman–Crippen LogP) is 3.91. The van der Waals surface area contributed by atoms with E-state index < -0.39 is 15.9 Å². The molecule has 2 aromatic carbocycles. The van der Waals surface area contributed by atoms with Crippen LogP contribution in [0.3, 0.4) is 0 Å². The molecule has 11 heteroatoms. The molecule has 210 valence electrons. The first-order valence-electron chi connectivity index (χ1n) is 12.3. The molecule has 3 N–H and O–H groups in total. The summed E-state index contributed by atoms with van der Waals surface area (Å²) in [6.07, 6.45) is 2.60. The van der Waals surface area contributed by atoms with Gasteiger partial charge >= 0.3 is 0 Å². The number of amides is 1. The van der Waals surface area contributed by atoms with Crippen LogP contribution in [0.15, 0.2) is 53.5 Å². The van der Waals surface area contributed by atoms with Crippen LogP contribution in [-0.4, -0.2) is 64.8 Å². The number of aromatic amines is 1. The van der Waals surface area contributed by atoms with Gasteiger partial charge in [-0.3, -0.25) is 14.3 Å². The number of hydrogen-bond donors (Lipinski definition) is 3. The number of nitrogens with one attached hydrogen (secondary N) is 3. The highest BCUT2D eigenvalue weighted by atomic mass is 32.2. The Morgan fingerprint density at radius 1 is 1.10 bits per heavy atom. The van der Waals surface area contributed by atoms with Gasteiger partial charge in [-0.15, -0.1) is 0 Å². The van der Waals surface area contributed by atoms with E-state index in [1.807, 2.05) is 45.8 Å². The van der Waals surface area contributed by atoms with Gasteiger partial charge in [-0.2, -0.15) is 0 Å². The Morgan fingerprint density at radius 3 is 2.41 bits per heavy atom. The van der Waals surface area contributed by atoms with Gasteiger partial charge in [-0.25, -0.2) is 8.42 Å². The second-order valence-corrected chi connectivity index (χ2v) is 12.2. The largest absolute Gasteiger partial charge is 0.494 e. The third-order valence-electron chi connectivity index (χ3n) is 5.80. The van der Waals surface area contributed by atoms with E-state index in [9.17, 15) is 18.0 Å². The minimum atomic E-state index is -3.53. The zero-order valence-corrected chi connectivity index (χ0v) is 24.2. The fourth-order valence-electron chi connectivity index (χ4n) is 3.94. The van der Waals surface area contributed by atoms with Gasteiger partial charge in [0.15, 0.2) is 0 Å². The van der Waals surface area contributed by atoms with Crippen LogP contribution in [-0.2, 0) is 15.4 Å². The molecule has 0 atom stereocenters. The van der Waals surface area contributed by atoms with Crippen LogP contribution in [0.2, 0.25) is 0 Å². The Labute approximate surface area is 229 Å². The number of nitrogens with zero attached hydrogens (tertiary/aromatic N) is 1. The summed E-state index contributed by atoms with van der Waals surface area (Å²) in [6, 6.07) is 11.5. The number of rotatable bonds is 10. The summed E-state index contributed by atoms with van der Waals surface area (Å²) in [4.78, 5) is 30.8. The molecule has 3 rings (SSSR count). The van der Waals surface area contributed by atoms with Crippen molar-refractivity contribution in [2.24, 2.45) is 0 Å². The third kappa shape index (κ3) is 7.84. The van der Waals surface area contributed by atoms with Gasteiger partial charge in [-0.05, 0) is 61.5 Å². The zero-order chi connectivity index (χ0) is 29.0. The number of H-pyrrole nitrogens is 1. The zero-order valence-electron chi connectivity index (χ0n) is 23.3. The molecule has 0 aliphatic carbocycles. The highest BCUT2D eigenvalue weighted by molar-refractivity contribution is 7.92. The molecule has 0 saturated carbocycles. The van der Waals surface area contributed by atoms with E-state index in [1.165, 1.54) is 25.3 Å². The van der Waals surface area contributed by atoms with E-state index in [-0.39, 0.29) is 34.6 Å². The van der Waals surface area contributed by atoms with Gasteiger partial charge in [0.2, 0.25) is 10.0 Å². The number of ether oxygens (including phenoxy) is 2. The molecule has 3 aromatic rings. The first-order chi connectivity index (χ1) is 18.2. The maximum atomic E-state index is 13.6. The van der Waals surface area contributed by atoms with Gasteiger partial charge in [0.1, 0.15) is 18.1 Å². The summed E-state index contributed by atoms with van der Waals surface area (Å²) in [5, 5.41) is 2.92. The van der Waals surface area contributed by atoms with Crippen LogP contribution >= 0.6 is 0 Å². The number of benzene rings is 2. The molecule has 1 aromatic heterocycles. The normalized spacial score (nSPS) is 11.8. The second-order valence-electron chi connectivity index (χ2n) is 10.5. The molecule has 0 radical (unpaired) electrons. The summed E-state index contributed by atoms with van der Waals surface area (Å²) in [5.41, 5.74) is 2.09. The molecule has 39 heavy (non-hydrogen) atoms. The molecular formula is C28H36N4O6S. The number of sulfonamides is 1. The number of likely N-dealkylation sites (N-methyl/N-ethyl adjacent to an activating group) is 1. The molecule has 0 spiro atoms. The fraction of sp³-hybridized carbons (Fsp3) is 0.357. The summed E-state index contributed by atoms with van der Waals surface area (Å²) < 4.78 is 37.6. The number of anilines is 2. The van der Waals surface area contributed by atoms with Gasteiger partial charge in [0.25, 0.3) is 11.5 Å². The molecule has 1 amide bonds. The molecule has 0 fully saturated rings. The molecule has 0 unspecified atom stereocenters. The lowest BCUT2D eigenvalue weighted by Crippen LogP contribution is -2.21. The van der Waals surface area contributed by atoms with Crippen molar-refractivity contribution < 1.29 is 22.7 Å². The lowest BCUT2D eigenvalue weighted by atomic mass is 9.84. The van der Waals surface area contributed by atoms with Crippen LogP contribution in [0.4, 0.5) is 11.4 Å². The van der Waals surface area contributed by atoms with Crippen LogP contribution in [0.25, 0.3) is 11.1 Å². The van der Waals surface area contributed by atoms with Crippen LogP contribution in [0, 0.1) is 0 Å². The van der Waals surface area contributed by atoms with E-state index in [0.717, 1.165) is 11.8 Å². The first-order valence-corrected chi connectivity index (χ1v) is 14.2. The number of carbonyl (C=O) groups excluding carboxylic acids is 1. The second kappa shape index (κ2) is 11.9. The Balaban J connectivity index is 2.09. The van der Waals surface area contributed by atoms with Crippen molar-refractivity contribution in [2.75, 3.05) is 50.7 Å². The molecule has 0 aliphatic rings. The molecule has 0 saturated heterocycles. The van der Waals surface area contributed by atoms with Crippen molar-refractivity contribution >= 4 is 27.3 Å². The van der Waals surface area contributed by atoms with Gasteiger partial charge in [-0.1, -0.05) is 20.8 Å². The monoisotopic (exact) mass is 556 g/mol. The third-order valence-corrected chi connectivity index (χ3v) is 6.41. The van der Waals surface area contributed by atoms with Crippen LogP contribution in [0.5, 0.6) is 11.5 Å². The topological polar surface area (TPSA) is 130 Å². The summed E-state index contributed by atoms with van der Waals surface area (Å²) in [7, 11) is 1.78. The maximum absolute atomic E-state index is 13.6. The number of pyridine rings is 1. The minimum absolute atomic E-state index is 0.204. The van der Waals surface area contributed by atoms with Gasteiger partial charge in [0, 0.05) is 29.9 Å². The molecule has 0 aliphatic heterocycles. The molecular weight excluding hydrogens is 520 g/mol. The quantitative estimate of drug-likeness (QED) is 0.345. The van der Waals surface area contributed by atoms with E-state index in [0.29, 0.717) is 29.1 Å². The van der Waals surface area contributed by atoms with Crippen LogP contribution < -0.4 is 25.1 Å².